The van der Waals surface area contributed by atoms with Gasteiger partial charge in [-0.05, 0) is 38.5 Å². The van der Waals surface area contributed by atoms with Gasteiger partial charge >= 0.3 is 0 Å². The number of aromatic nitrogens is 2. The maximum Gasteiger partial charge on any atom is 0.250 e. The van der Waals surface area contributed by atoms with Crippen LogP contribution < -0.4 is 4.72 Å². The van der Waals surface area contributed by atoms with E-state index in [1.165, 1.54) is 11.3 Å². The Bertz CT molecular complexity index is 686. The second-order valence-electron chi connectivity index (χ2n) is 4.62. The molecule has 2 aromatic heterocycles. The molecule has 20 heavy (non-hydrogen) atoms. The number of thiophene rings is 1. The highest BCUT2D eigenvalue weighted by atomic mass is 32.2. The smallest absolute Gasteiger partial charge is 0.250 e. The highest BCUT2D eigenvalue weighted by molar-refractivity contribution is 7.91. The summed E-state index contributed by atoms with van der Waals surface area (Å²) in [6.07, 6.45) is 0.853. The maximum atomic E-state index is 12.1. The van der Waals surface area contributed by atoms with Crippen molar-refractivity contribution < 1.29 is 8.42 Å². The lowest BCUT2D eigenvalue weighted by atomic mass is 10.4. The van der Waals surface area contributed by atoms with E-state index in [1.807, 2.05) is 37.6 Å². The molecule has 0 saturated heterocycles. The summed E-state index contributed by atoms with van der Waals surface area (Å²) in [6, 6.07) is 5.50. The maximum absolute atomic E-state index is 12.1. The number of nitrogens with one attached hydrogen (secondary N) is 1. The third-order valence-corrected chi connectivity index (χ3v) is 6.15. The minimum absolute atomic E-state index is 0.337. The van der Waals surface area contributed by atoms with Gasteiger partial charge in [0.25, 0.3) is 0 Å². The van der Waals surface area contributed by atoms with E-state index in [0.717, 1.165) is 22.7 Å². The van der Waals surface area contributed by atoms with E-state index in [9.17, 15) is 8.42 Å². The molecular formula is C13H19N3O2S2. The highest BCUT2D eigenvalue weighted by Gasteiger charge is 2.16. The van der Waals surface area contributed by atoms with Crippen LogP contribution in [0.25, 0.3) is 0 Å². The fourth-order valence-corrected chi connectivity index (χ4v) is 4.31. The van der Waals surface area contributed by atoms with Gasteiger partial charge in [0.15, 0.2) is 0 Å². The van der Waals surface area contributed by atoms with Gasteiger partial charge in [-0.3, -0.25) is 4.68 Å². The van der Waals surface area contributed by atoms with Gasteiger partial charge in [-0.1, -0.05) is 6.92 Å². The highest BCUT2D eigenvalue weighted by Crippen LogP contribution is 2.21. The Morgan fingerprint density at radius 2 is 2.10 bits per heavy atom. The van der Waals surface area contributed by atoms with Gasteiger partial charge in [0, 0.05) is 17.1 Å². The Hall–Kier alpha value is -1.18. The molecule has 5 nitrogen and oxygen atoms in total. The molecule has 0 atom stereocenters. The minimum Gasteiger partial charge on any atom is -0.268 e. The van der Waals surface area contributed by atoms with Crippen LogP contribution in [0.5, 0.6) is 0 Å². The summed E-state index contributed by atoms with van der Waals surface area (Å²) < 4.78 is 29.0. The number of sulfonamides is 1. The molecule has 2 heterocycles. The quantitative estimate of drug-likeness (QED) is 0.888. The molecule has 0 amide bonds. The van der Waals surface area contributed by atoms with Crippen molar-refractivity contribution in [3.8, 4) is 0 Å². The van der Waals surface area contributed by atoms with Crippen molar-refractivity contribution in [2.75, 3.05) is 6.54 Å². The lowest BCUT2D eigenvalue weighted by molar-refractivity contribution is 0.555. The van der Waals surface area contributed by atoms with Gasteiger partial charge in [-0.2, -0.15) is 5.10 Å². The van der Waals surface area contributed by atoms with Gasteiger partial charge in [0.2, 0.25) is 10.0 Å². The zero-order valence-electron chi connectivity index (χ0n) is 11.9. The Morgan fingerprint density at radius 1 is 1.35 bits per heavy atom. The monoisotopic (exact) mass is 313 g/mol. The Kier molecular flexibility index (Phi) is 4.62. The fraction of sp³-hybridized carbons (Fsp3) is 0.462. The lowest BCUT2D eigenvalue weighted by Gasteiger charge is -2.06. The Balaban J connectivity index is 1.97. The predicted octanol–water partition coefficient (Wildman–Crippen LogP) is 2.10. The summed E-state index contributed by atoms with van der Waals surface area (Å²) in [4.78, 5) is 1.07. The van der Waals surface area contributed by atoms with Crippen molar-refractivity contribution in [2.45, 2.75) is 37.9 Å². The Morgan fingerprint density at radius 3 is 2.65 bits per heavy atom. The molecule has 0 fully saturated rings. The lowest BCUT2D eigenvalue weighted by Crippen LogP contribution is -2.27. The van der Waals surface area contributed by atoms with Crippen LogP contribution in [0.15, 0.2) is 22.4 Å². The number of rotatable bonds is 6. The third-order valence-electron chi connectivity index (χ3n) is 2.97. The second kappa shape index (κ2) is 6.07. The van der Waals surface area contributed by atoms with Gasteiger partial charge in [-0.15, -0.1) is 11.3 Å². The summed E-state index contributed by atoms with van der Waals surface area (Å²) in [5.41, 5.74) is 1.97. The number of aryl methyl sites for hydroxylation is 3. The fourth-order valence-electron chi connectivity index (χ4n) is 1.95. The second-order valence-corrected chi connectivity index (χ2v) is 7.78. The first kappa shape index (κ1) is 15.2. The minimum atomic E-state index is -3.40. The summed E-state index contributed by atoms with van der Waals surface area (Å²) in [6.45, 7) is 6.76. The van der Waals surface area contributed by atoms with E-state index in [0.29, 0.717) is 17.3 Å². The van der Waals surface area contributed by atoms with Crippen LogP contribution in [0.1, 0.15) is 23.2 Å². The average molecular weight is 313 g/mol. The SMILES string of the molecule is CCc1ccc(S(=O)(=O)NCCn2nc(C)cc2C)s1. The van der Waals surface area contributed by atoms with Crippen molar-refractivity contribution in [3.05, 3.63) is 34.5 Å². The van der Waals surface area contributed by atoms with Crippen LogP contribution in [0.4, 0.5) is 0 Å². The number of hydrogen-bond donors (Lipinski definition) is 1. The molecule has 7 heteroatoms. The molecule has 2 aromatic rings. The molecule has 0 aliphatic rings. The van der Waals surface area contributed by atoms with E-state index < -0.39 is 10.0 Å². The summed E-state index contributed by atoms with van der Waals surface area (Å²) in [7, 11) is -3.40. The third kappa shape index (κ3) is 3.47. The van der Waals surface area contributed by atoms with E-state index >= 15 is 0 Å². The van der Waals surface area contributed by atoms with Crippen LogP contribution in [-0.4, -0.2) is 24.7 Å². The number of nitrogens with zero attached hydrogens (tertiary/aromatic N) is 2. The van der Waals surface area contributed by atoms with E-state index in [2.05, 4.69) is 9.82 Å². The molecule has 0 saturated carbocycles. The molecular weight excluding hydrogens is 294 g/mol. The molecule has 0 bridgehead atoms. The summed E-state index contributed by atoms with van der Waals surface area (Å²) in [5.74, 6) is 0. The zero-order valence-corrected chi connectivity index (χ0v) is 13.5. The summed E-state index contributed by atoms with van der Waals surface area (Å²) in [5, 5.41) is 4.30. The van der Waals surface area contributed by atoms with Crippen LogP contribution in [0.2, 0.25) is 0 Å². The van der Waals surface area contributed by atoms with Gasteiger partial charge in [-0.25, -0.2) is 13.1 Å². The molecule has 0 aliphatic heterocycles. The molecule has 0 radical (unpaired) electrons. The molecule has 110 valence electrons. The van der Waals surface area contributed by atoms with Gasteiger partial charge in [0.05, 0.1) is 12.2 Å². The first-order chi connectivity index (χ1) is 9.42. The molecule has 1 N–H and O–H groups in total. The topological polar surface area (TPSA) is 64.0 Å². The molecule has 0 aliphatic carbocycles. The van der Waals surface area contributed by atoms with Crippen molar-refractivity contribution in [2.24, 2.45) is 0 Å². The van der Waals surface area contributed by atoms with Gasteiger partial charge < -0.3 is 0 Å². The van der Waals surface area contributed by atoms with E-state index in [1.54, 1.807) is 6.07 Å². The van der Waals surface area contributed by atoms with Crippen LogP contribution >= 0.6 is 11.3 Å². The van der Waals surface area contributed by atoms with E-state index in [4.69, 9.17) is 0 Å². The average Bonchev–Trinajstić information content (AvgIpc) is 2.97. The van der Waals surface area contributed by atoms with Crippen LogP contribution in [0, 0.1) is 13.8 Å². The van der Waals surface area contributed by atoms with Crippen molar-refractivity contribution in [1.82, 2.24) is 14.5 Å². The first-order valence-corrected chi connectivity index (χ1v) is 8.82. The van der Waals surface area contributed by atoms with Gasteiger partial charge in [0.1, 0.15) is 4.21 Å². The normalized spacial score (nSPS) is 11.9. The van der Waals surface area contributed by atoms with Crippen LogP contribution in [0.3, 0.4) is 0 Å². The predicted molar refractivity (Wildman–Crippen MR) is 80.6 cm³/mol. The van der Waals surface area contributed by atoms with Crippen molar-refractivity contribution >= 4 is 21.4 Å². The number of hydrogen-bond acceptors (Lipinski definition) is 4. The zero-order chi connectivity index (χ0) is 14.8. The largest absolute Gasteiger partial charge is 0.268 e. The Labute approximate surface area is 123 Å². The van der Waals surface area contributed by atoms with Crippen molar-refractivity contribution in [3.63, 3.8) is 0 Å². The molecule has 2 rings (SSSR count). The van der Waals surface area contributed by atoms with E-state index in [-0.39, 0.29) is 0 Å². The molecule has 0 spiro atoms. The molecule has 0 aromatic carbocycles. The summed E-state index contributed by atoms with van der Waals surface area (Å²) >= 11 is 1.32. The van der Waals surface area contributed by atoms with Crippen molar-refractivity contribution in [1.29, 1.82) is 0 Å². The molecule has 0 unspecified atom stereocenters. The van der Waals surface area contributed by atoms with Crippen LogP contribution in [-0.2, 0) is 23.0 Å². The standard InChI is InChI=1S/C13H19N3O2S2/c1-4-12-5-6-13(19-12)20(17,18)14-7-8-16-11(3)9-10(2)15-16/h5-6,9,14H,4,7-8H2,1-3H3. The first-order valence-electron chi connectivity index (χ1n) is 6.52.